The minimum absolute atomic E-state index is 0.0628. The highest BCUT2D eigenvalue weighted by Crippen LogP contribution is 2.40. The highest BCUT2D eigenvalue weighted by Gasteiger charge is 2.48. The molecule has 0 aromatic rings. The summed E-state index contributed by atoms with van der Waals surface area (Å²) in [6.45, 7) is 2.57. The zero-order valence-electron chi connectivity index (χ0n) is 11.7. The molecule has 2 aliphatic carbocycles. The van der Waals surface area contributed by atoms with E-state index in [1.165, 1.54) is 12.8 Å². The van der Waals surface area contributed by atoms with Crippen molar-refractivity contribution in [2.24, 2.45) is 0 Å². The van der Waals surface area contributed by atoms with E-state index in [2.05, 4.69) is 5.32 Å². The Kier molecular flexibility index (Phi) is 5.54. The minimum Gasteiger partial charge on any atom is -0.465 e. The molecular formula is C14H25NO3S. The topological polar surface area (TPSA) is 58.6 Å². The molecule has 0 heterocycles. The zero-order valence-corrected chi connectivity index (χ0v) is 12.5. The van der Waals surface area contributed by atoms with E-state index in [1.807, 2.05) is 18.7 Å². The number of hydrogen-bond acceptors (Lipinski definition) is 5. The van der Waals surface area contributed by atoms with E-state index in [9.17, 15) is 4.79 Å². The molecule has 2 rings (SSSR count). The molecular weight excluding hydrogens is 262 g/mol. The number of carbonyl (C=O) groups excluding carboxylic acids is 1. The number of nitrogens with one attached hydrogen (secondary N) is 1. The average Bonchev–Trinajstić information content (AvgIpc) is 3.10. The molecule has 0 bridgehead atoms. The fraction of sp³-hybridized carbons (Fsp3) is 0.929. The van der Waals surface area contributed by atoms with Crippen LogP contribution in [0.25, 0.3) is 0 Å². The van der Waals surface area contributed by atoms with Crippen molar-refractivity contribution >= 4 is 17.7 Å². The first-order valence-electron chi connectivity index (χ1n) is 7.37. The van der Waals surface area contributed by atoms with Crippen LogP contribution < -0.4 is 5.32 Å². The van der Waals surface area contributed by atoms with E-state index in [0.29, 0.717) is 17.9 Å². The van der Waals surface area contributed by atoms with Gasteiger partial charge in [-0.1, -0.05) is 0 Å². The van der Waals surface area contributed by atoms with E-state index in [4.69, 9.17) is 9.84 Å². The number of esters is 1. The molecule has 0 spiro atoms. The number of aliphatic hydroxyl groups excluding tert-OH is 1. The van der Waals surface area contributed by atoms with Gasteiger partial charge in [0.05, 0.1) is 6.61 Å². The molecule has 5 heteroatoms. The number of hydrogen-bond donors (Lipinski definition) is 2. The summed E-state index contributed by atoms with van der Waals surface area (Å²) in [7, 11) is 0. The first kappa shape index (κ1) is 15.1. The Labute approximate surface area is 119 Å². The second kappa shape index (κ2) is 6.95. The predicted octanol–water partition coefficient (Wildman–Crippen LogP) is 1.71. The van der Waals surface area contributed by atoms with Gasteiger partial charge in [0.1, 0.15) is 5.54 Å². The Morgan fingerprint density at radius 3 is 2.89 bits per heavy atom. The summed E-state index contributed by atoms with van der Waals surface area (Å²) in [5.74, 6) is 0.913. The number of carbonyl (C=O) groups is 1. The van der Waals surface area contributed by atoms with E-state index < -0.39 is 5.54 Å². The van der Waals surface area contributed by atoms with Gasteiger partial charge in [0.15, 0.2) is 0 Å². The van der Waals surface area contributed by atoms with Crippen molar-refractivity contribution in [3.63, 3.8) is 0 Å². The van der Waals surface area contributed by atoms with Gasteiger partial charge in [0, 0.05) is 17.9 Å². The van der Waals surface area contributed by atoms with Gasteiger partial charge in [-0.25, -0.2) is 0 Å². The predicted molar refractivity (Wildman–Crippen MR) is 77.3 cm³/mol. The molecule has 110 valence electrons. The molecule has 4 nitrogen and oxygen atoms in total. The van der Waals surface area contributed by atoms with Crippen molar-refractivity contribution in [2.45, 2.75) is 62.3 Å². The van der Waals surface area contributed by atoms with Crippen LogP contribution >= 0.6 is 11.8 Å². The standard InChI is InChI=1S/C14H25NO3S/c1-2-18-13(17)14(15-11-4-5-11)7-6-12(10-14)19-9-3-8-16/h11-12,15-16H,2-10H2,1H3. The molecule has 2 atom stereocenters. The summed E-state index contributed by atoms with van der Waals surface area (Å²) in [6.07, 6.45) is 6.03. The van der Waals surface area contributed by atoms with Gasteiger partial charge in [-0.15, -0.1) is 0 Å². The lowest BCUT2D eigenvalue weighted by Gasteiger charge is -2.28. The highest BCUT2D eigenvalue weighted by atomic mass is 32.2. The number of rotatable bonds is 8. The summed E-state index contributed by atoms with van der Waals surface area (Å²) in [6, 6.07) is 0.519. The number of ether oxygens (including phenoxy) is 1. The summed E-state index contributed by atoms with van der Waals surface area (Å²) in [5.41, 5.74) is -0.436. The molecule has 0 radical (unpaired) electrons. The second-order valence-corrected chi connectivity index (χ2v) is 6.94. The van der Waals surface area contributed by atoms with Gasteiger partial charge in [0.2, 0.25) is 0 Å². The molecule has 0 aliphatic heterocycles. The van der Waals surface area contributed by atoms with Crippen molar-refractivity contribution in [1.82, 2.24) is 5.32 Å². The Morgan fingerprint density at radius 1 is 1.47 bits per heavy atom. The smallest absolute Gasteiger partial charge is 0.326 e. The Hall–Kier alpha value is -0.260. The lowest BCUT2D eigenvalue weighted by atomic mass is 9.97. The number of aliphatic hydroxyl groups is 1. The molecule has 2 N–H and O–H groups in total. The van der Waals surface area contributed by atoms with Gasteiger partial charge in [-0.2, -0.15) is 11.8 Å². The maximum absolute atomic E-state index is 12.3. The summed E-state index contributed by atoms with van der Waals surface area (Å²) in [5, 5.41) is 12.9. The molecule has 0 aromatic heterocycles. The van der Waals surface area contributed by atoms with Gasteiger partial charge in [-0.3, -0.25) is 10.1 Å². The van der Waals surface area contributed by atoms with E-state index >= 15 is 0 Å². The van der Waals surface area contributed by atoms with Crippen LogP contribution in [0.5, 0.6) is 0 Å². The largest absolute Gasteiger partial charge is 0.465 e. The van der Waals surface area contributed by atoms with Crippen molar-refractivity contribution in [2.75, 3.05) is 19.0 Å². The van der Waals surface area contributed by atoms with Gasteiger partial charge in [-0.05, 0) is 51.2 Å². The average molecular weight is 287 g/mol. The van der Waals surface area contributed by atoms with Gasteiger partial charge < -0.3 is 9.84 Å². The highest BCUT2D eigenvalue weighted by molar-refractivity contribution is 7.99. The minimum atomic E-state index is -0.436. The van der Waals surface area contributed by atoms with Crippen LogP contribution in [0.4, 0.5) is 0 Å². The van der Waals surface area contributed by atoms with E-state index in [-0.39, 0.29) is 12.6 Å². The zero-order chi connectivity index (χ0) is 13.7. The monoisotopic (exact) mass is 287 g/mol. The van der Waals surface area contributed by atoms with Crippen LogP contribution in [0.2, 0.25) is 0 Å². The van der Waals surface area contributed by atoms with Crippen molar-refractivity contribution in [3.05, 3.63) is 0 Å². The quantitative estimate of drug-likeness (QED) is 0.526. The molecule has 2 aliphatic rings. The molecule has 0 aromatic carbocycles. The lowest BCUT2D eigenvalue weighted by Crippen LogP contribution is -2.52. The van der Waals surface area contributed by atoms with Crippen LogP contribution in [0, 0.1) is 0 Å². The van der Waals surface area contributed by atoms with Crippen molar-refractivity contribution in [3.8, 4) is 0 Å². The summed E-state index contributed by atoms with van der Waals surface area (Å²) in [4.78, 5) is 12.3. The van der Waals surface area contributed by atoms with Crippen LogP contribution in [-0.4, -0.2) is 46.9 Å². The SMILES string of the molecule is CCOC(=O)C1(NC2CC2)CCC(SCCCO)C1. The molecule has 0 amide bonds. The third kappa shape index (κ3) is 4.10. The summed E-state index contributed by atoms with van der Waals surface area (Å²) < 4.78 is 5.28. The Morgan fingerprint density at radius 2 is 2.26 bits per heavy atom. The number of thioether (sulfide) groups is 1. The molecule has 2 fully saturated rings. The van der Waals surface area contributed by atoms with Gasteiger partial charge >= 0.3 is 5.97 Å². The second-order valence-electron chi connectivity index (χ2n) is 5.53. The Bertz CT molecular complexity index is 309. The normalized spacial score (nSPS) is 30.5. The third-order valence-electron chi connectivity index (χ3n) is 3.85. The third-order valence-corrected chi connectivity index (χ3v) is 5.25. The van der Waals surface area contributed by atoms with Crippen LogP contribution in [0.3, 0.4) is 0 Å². The lowest BCUT2D eigenvalue weighted by molar-refractivity contribution is -0.151. The fourth-order valence-corrected chi connectivity index (χ4v) is 4.04. The first-order chi connectivity index (χ1) is 9.20. The van der Waals surface area contributed by atoms with Gasteiger partial charge in [0.25, 0.3) is 0 Å². The van der Waals surface area contributed by atoms with Crippen LogP contribution in [0.15, 0.2) is 0 Å². The summed E-state index contributed by atoms with van der Waals surface area (Å²) >= 11 is 1.89. The first-order valence-corrected chi connectivity index (χ1v) is 8.42. The molecule has 19 heavy (non-hydrogen) atoms. The maximum Gasteiger partial charge on any atom is 0.326 e. The maximum atomic E-state index is 12.3. The molecule has 2 unspecified atom stereocenters. The van der Waals surface area contributed by atoms with Crippen LogP contribution in [0.1, 0.15) is 45.4 Å². The van der Waals surface area contributed by atoms with Crippen LogP contribution in [-0.2, 0) is 9.53 Å². The Balaban J connectivity index is 1.89. The van der Waals surface area contributed by atoms with Crippen molar-refractivity contribution < 1.29 is 14.6 Å². The van der Waals surface area contributed by atoms with Crippen molar-refractivity contribution in [1.29, 1.82) is 0 Å². The van der Waals surface area contributed by atoms with E-state index in [0.717, 1.165) is 31.4 Å². The van der Waals surface area contributed by atoms with E-state index in [1.54, 1.807) is 0 Å². The molecule has 0 saturated heterocycles. The fourth-order valence-electron chi connectivity index (χ4n) is 2.72. The molecule has 2 saturated carbocycles.